The number of carbonyl (C=O) groups excluding carboxylic acids is 2. The van der Waals surface area contributed by atoms with Gasteiger partial charge in [-0.25, -0.2) is 18.5 Å². The van der Waals surface area contributed by atoms with Gasteiger partial charge in [0.1, 0.15) is 18.3 Å². The van der Waals surface area contributed by atoms with E-state index in [2.05, 4.69) is 24.2 Å². The van der Waals surface area contributed by atoms with Crippen LogP contribution in [0.15, 0.2) is 40.1 Å². The van der Waals surface area contributed by atoms with Gasteiger partial charge in [0.25, 0.3) is 11.5 Å². The zero-order valence-electron chi connectivity index (χ0n) is 29.5. The number of nitrogens with zero attached hydrogens (tertiary/aromatic N) is 1. The number of amides is 2. The van der Waals surface area contributed by atoms with Crippen molar-refractivity contribution in [3.8, 4) is 0 Å². The van der Waals surface area contributed by atoms with Crippen LogP contribution in [-0.4, -0.2) is 101 Å². The van der Waals surface area contributed by atoms with Crippen LogP contribution in [-0.2, 0) is 41.1 Å². The Morgan fingerprint density at radius 2 is 1.71 bits per heavy atom. The summed E-state index contributed by atoms with van der Waals surface area (Å²) in [4.78, 5) is 88.0. The smallest absolute Gasteiger partial charge is 0.423 e. The highest BCUT2D eigenvalue weighted by Gasteiger charge is 2.43. The molecular formula is C27H42BN4O18P3S2. The molecule has 5 atom stereocenters. The number of phosphoric ester groups is 1. The van der Waals surface area contributed by atoms with Gasteiger partial charge in [-0.15, -0.1) is 0 Å². The molecule has 0 radical (unpaired) electrons. The molecule has 1 saturated heterocycles. The number of nitrogens with one attached hydrogen (secondary N) is 3. The van der Waals surface area contributed by atoms with Crippen molar-refractivity contribution in [2.24, 2.45) is 0 Å². The fourth-order valence-electron chi connectivity index (χ4n) is 4.72. The zero-order valence-corrected chi connectivity index (χ0v) is 33.9. The lowest BCUT2D eigenvalue weighted by Gasteiger charge is -2.24. The molecule has 2 heterocycles. The van der Waals surface area contributed by atoms with Crippen LogP contribution >= 0.6 is 45.1 Å². The molecular weight excluding hydrogens is 836 g/mol. The van der Waals surface area contributed by atoms with Gasteiger partial charge in [0, 0.05) is 48.0 Å². The highest BCUT2D eigenvalue weighted by molar-refractivity contribution is 8.77. The molecule has 55 heavy (non-hydrogen) atoms. The molecule has 3 unspecified atom stereocenters. The van der Waals surface area contributed by atoms with Crippen LogP contribution in [0.3, 0.4) is 0 Å². The van der Waals surface area contributed by atoms with Crippen LogP contribution in [0.25, 0.3) is 0 Å². The monoisotopic (exact) mass is 878 g/mol. The second-order valence-corrected chi connectivity index (χ2v) is 19.9. The van der Waals surface area contributed by atoms with Crippen LogP contribution in [0.1, 0.15) is 61.7 Å². The van der Waals surface area contributed by atoms with E-state index in [1.807, 2.05) is 13.8 Å². The van der Waals surface area contributed by atoms with E-state index in [4.69, 9.17) is 33.8 Å². The quantitative estimate of drug-likeness (QED) is 0.0254. The lowest BCUT2D eigenvalue weighted by molar-refractivity contribution is -0.121. The van der Waals surface area contributed by atoms with Gasteiger partial charge in [-0.3, -0.25) is 28.5 Å². The summed E-state index contributed by atoms with van der Waals surface area (Å²) >= 11 is 0. The van der Waals surface area contributed by atoms with E-state index in [0.717, 1.165) is 4.57 Å². The van der Waals surface area contributed by atoms with E-state index in [-0.39, 0.29) is 48.2 Å². The van der Waals surface area contributed by atoms with E-state index < -0.39 is 71.6 Å². The normalized spacial score (nSPS) is 19.7. The van der Waals surface area contributed by atoms with Gasteiger partial charge >= 0.3 is 36.3 Å². The highest BCUT2D eigenvalue weighted by Crippen LogP contribution is 2.66. The number of aromatic amines is 1. The summed E-state index contributed by atoms with van der Waals surface area (Å²) in [6.45, 7) is 4.97. The van der Waals surface area contributed by atoms with Gasteiger partial charge in [0.15, 0.2) is 0 Å². The lowest BCUT2D eigenvalue weighted by atomic mass is 9.80. The number of ether oxygens (including phenoxy) is 2. The Bertz CT molecular complexity index is 1900. The largest absolute Gasteiger partial charge is 0.490 e. The summed E-state index contributed by atoms with van der Waals surface area (Å²) in [6, 6.07) is 5.82. The molecule has 3 rings (SSSR count). The van der Waals surface area contributed by atoms with Crippen molar-refractivity contribution in [1.29, 1.82) is 0 Å². The first kappa shape index (κ1) is 47.2. The van der Waals surface area contributed by atoms with Crippen LogP contribution in [0, 0.1) is 6.92 Å². The summed E-state index contributed by atoms with van der Waals surface area (Å²) in [5.74, 6) is -0.532. The molecule has 22 nitrogen and oxygen atoms in total. The average molecular weight is 879 g/mol. The number of unbranched alkanes of at least 4 members (excludes halogenated alkanes) is 1. The van der Waals surface area contributed by atoms with Crippen molar-refractivity contribution in [3.05, 3.63) is 62.4 Å². The Hall–Kier alpha value is -2.15. The number of carbonyl (C=O) groups is 2. The zero-order chi connectivity index (χ0) is 41.2. The van der Waals surface area contributed by atoms with Crippen molar-refractivity contribution in [3.63, 3.8) is 0 Å². The van der Waals surface area contributed by atoms with Gasteiger partial charge in [-0.2, -0.15) is 8.62 Å². The van der Waals surface area contributed by atoms with Crippen molar-refractivity contribution < 1.29 is 75.5 Å². The fourth-order valence-corrected chi connectivity index (χ4v) is 9.92. The van der Waals surface area contributed by atoms with Gasteiger partial charge in [0.05, 0.1) is 12.7 Å². The van der Waals surface area contributed by atoms with E-state index in [9.17, 15) is 42.7 Å². The van der Waals surface area contributed by atoms with Crippen molar-refractivity contribution in [2.75, 3.05) is 25.6 Å². The van der Waals surface area contributed by atoms with Crippen molar-refractivity contribution >= 4 is 69.5 Å². The number of H-pyrrole nitrogens is 1. The second-order valence-electron chi connectivity index (χ2n) is 12.5. The summed E-state index contributed by atoms with van der Waals surface area (Å²) in [7, 11) is -15.9. The third-order valence-corrected chi connectivity index (χ3v) is 14.1. The Labute approximate surface area is 322 Å². The Morgan fingerprint density at radius 1 is 1.04 bits per heavy atom. The van der Waals surface area contributed by atoms with Crippen LogP contribution < -0.4 is 27.3 Å². The number of rotatable bonds is 22. The van der Waals surface area contributed by atoms with Gasteiger partial charge in [0.2, 0.25) is 5.91 Å². The first-order chi connectivity index (χ1) is 25.5. The molecule has 1 aliphatic rings. The molecule has 1 aromatic heterocycles. The first-order valence-electron chi connectivity index (χ1n) is 16.1. The Morgan fingerprint density at radius 3 is 2.35 bits per heavy atom. The maximum atomic E-state index is 12.5. The molecule has 0 spiro atoms. The summed E-state index contributed by atoms with van der Waals surface area (Å²) < 4.78 is 59.4. The minimum Gasteiger partial charge on any atom is -0.423 e. The van der Waals surface area contributed by atoms with Crippen LogP contribution in [0.5, 0.6) is 0 Å². The molecule has 0 aliphatic carbocycles. The maximum absolute atomic E-state index is 12.5. The van der Waals surface area contributed by atoms with E-state index in [1.54, 1.807) is 0 Å². The van der Waals surface area contributed by atoms with Gasteiger partial charge in [-0.05, 0) is 51.2 Å². The second kappa shape index (κ2) is 20.5. The first-order valence-corrected chi connectivity index (χ1v) is 23.0. The lowest BCUT2D eigenvalue weighted by Crippen LogP contribution is -2.36. The molecule has 2 amide bonds. The number of aromatic nitrogens is 2. The molecule has 0 bridgehead atoms. The molecule has 2 aromatic rings. The third kappa shape index (κ3) is 16.7. The summed E-state index contributed by atoms with van der Waals surface area (Å²) in [6.07, 6.45) is -0.735. The Kier molecular flexibility index (Phi) is 17.6. The standard InChI is InChI=1S/C27H42BN4O18P3S2/c1-17-13-32(26(36)31-24(17)34)23-12-20(21(48-23)14-47-52(42,43)50-53(44,45)49-51(39,40)41)46-16-54-55-27(2,3)15-30-22(33)6-4-5-11-29-25(35)18-7-9-19(10-8-18)28(37)38/h7-10,13,20-21,23,37-38H,4-6,11-12,14-16H2,1-3H3,(H,29,35)(H,30,33)(H,42,43)(H,44,45)(H,31,34,36)(H2,39,40,41)/t20-,21?,23-/m1/s1. The molecule has 28 heteroatoms. The topological polar surface area (TPSA) is 332 Å². The summed E-state index contributed by atoms with van der Waals surface area (Å²) in [5, 5.41) is 23.9. The average Bonchev–Trinajstić information content (AvgIpc) is 3.47. The van der Waals surface area contributed by atoms with E-state index >= 15 is 0 Å². The number of hydrogen-bond donors (Lipinski definition) is 9. The molecule has 308 valence electrons. The van der Waals surface area contributed by atoms with Crippen LogP contribution in [0.4, 0.5) is 0 Å². The number of benzene rings is 1. The number of hydrogen-bond acceptors (Lipinski definition) is 16. The third-order valence-electron chi connectivity index (χ3n) is 7.37. The predicted octanol–water partition coefficient (Wildman–Crippen LogP) is 0.375. The van der Waals surface area contributed by atoms with Gasteiger partial charge in [-0.1, -0.05) is 33.7 Å². The van der Waals surface area contributed by atoms with Gasteiger partial charge < -0.3 is 49.7 Å². The highest BCUT2D eigenvalue weighted by atomic mass is 33.1. The number of phosphoric acid groups is 3. The SMILES string of the molecule is Cc1cn([C@H]2C[C@@H](OCSSC(C)(C)CNC(=O)CCCCNC(=O)c3ccc(B(O)O)cc3)C(COP(=O)(O)OP(=O)(O)OP(=O)(O)O)O2)c(=O)[nH]c1=O. The minimum absolute atomic E-state index is 0.00660. The molecule has 9 N–H and O–H groups in total. The van der Waals surface area contributed by atoms with Crippen molar-refractivity contribution in [1.82, 2.24) is 20.2 Å². The molecule has 0 saturated carbocycles. The minimum atomic E-state index is -5.77. The maximum Gasteiger partial charge on any atom is 0.490 e. The van der Waals surface area contributed by atoms with E-state index in [1.165, 1.54) is 59.0 Å². The number of aryl methyl sites for hydroxylation is 1. The predicted molar refractivity (Wildman–Crippen MR) is 199 cm³/mol. The molecule has 1 aromatic carbocycles. The Balaban J connectivity index is 1.46. The molecule has 1 fully saturated rings. The summed E-state index contributed by atoms with van der Waals surface area (Å²) in [5.41, 5.74) is -0.660. The van der Waals surface area contributed by atoms with E-state index in [0.29, 0.717) is 24.9 Å². The fraction of sp³-hybridized carbons (Fsp3) is 0.556. The van der Waals surface area contributed by atoms with Crippen molar-refractivity contribution in [2.45, 2.75) is 69.6 Å². The van der Waals surface area contributed by atoms with Crippen LogP contribution in [0.2, 0.25) is 0 Å². The molecule has 1 aliphatic heterocycles.